The first kappa shape index (κ1) is 68.7. The van der Waals surface area contributed by atoms with E-state index in [1.807, 2.05) is 212 Å². The molecule has 1 N–H and O–H groups in total. The van der Waals surface area contributed by atoms with Gasteiger partial charge in [0.25, 0.3) is 5.79 Å². The van der Waals surface area contributed by atoms with Crippen LogP contribution < -0.4 is 0 Å². The average molecular weight is 1380 g/mol. The van der Waals surface area contributed by atoms with Gasteiger partial charge in [0.05, 0.1) is 78.8 Å². The van der Waals surface area contributed by atoms with Crippen molar-refractivity contribution < 1.29 is 71.0 Å². The quantitative estimate of drug-likeness (QED) is 0.0226. The molecule has 12 atom stereocenters. The van der Waals surface area contributed by atoms with Gasteiger partial charge < -0.3 is 57.2 Å². The van der Waals surface area contributed by atoms with E-state index in [0.29, 0.717) is 12.2 Å². The third-order valence-electron chi connectivity index (χ3n) is 15.5. The van der Waals surface area contributed by atoms with Gasteiger partial charge in [-0.15, -0.1) is 11.8 Å². The van der Waals surface area contributed by atoms with Crippen molar-refractivity contribution in [1.82, 2.24) is 0 Å². The Bertz CT molecular complexity index is 3200. The fourth-order valence-corrected chi connectivity index (χ4v) is 15.6. The number of rotatable bonds is 35. The number of halogens is 1. The zero-order chi connectivity index (χ0) is 62.8. The monoisotopic (exact) mass is 1380 g/mol. The number of aliphatic hydroxyl groups excluding tert-OH is 1. The van der Waals surface area contributed by atoms with Crippen LogP contribution in [0.2, 0.25) is 0 Å². The molecule has 0 radical (unpaired) electrons. The summed E-state index contributed by atoms with van der Waals surface area (Å²) in [6, 6.07) is 67.4. The van der Waals surface area contributed by atoms with Crippen LogP contribution in [0.5, 0.6) is 0 Å². The number of benzene rings is 7. The van der Waals surface area contributed by atoms with Gasteiger partial charge in [0.1, 0.15) is 46.7 Å². The zero-order valence-corrected chi connectivity index (χ0v) is 54.7. The summed E-state index contributed by atoms with van der Waals surface area (Å²) in [6.07, 6.45) is -9.11. The van der Waals surface area contributed by atoms with E-state index in [1.165, 1.54) is 11.8 Å². The van der Waals surface area contributed by atoms with Crippen molar-refractivity contribution in [2.45, 2.75) is 136 Å². The second kappa shape index (κ2) is 35.9. The van der Waals surface area contributed by atoms with Crippen LogP contribution in [0, 0.1) is 0 Å². The number of thioether (sulfide) groups is 1. The van der Waals surface area contributed by atoms with Crippen LogP contribution >= 0.6 is 34.4 Å². The Morgan fingerprint density at radius 1 is 0.544 bits per heavy atom. The summed E-state index contributed by atoms with van der Waals surface area (Å²) in [5.41, 5.74) is 5.91. The molecule has 2 aliphatic rings. The van der Waals surface area contributed by atoms with E-state index in [-0.39, 0.29) is 78.2 Å². The molecule has 2 fully saturated rings. The molecule has 478 valence electrons. The number of carbonyl (C=O) groups is 2. The lowest BCUT2D eigenvalue weighted by atomic mass is 9.91. The van der Waals surface area contributed by atoms with Gasteiger partial charge in [-0.2, -0.15) is 0 Å². The first-order valence-corrected chi connectivity index (χ1v) is 34.2. The Balaban J connectivity index is 1.16. The zero-order valence-electron chi connectivity index (χ0n) is 50.9. The van der Waals surface area contributed by atoms with E-state index in [0.717, 1.165) is 38.9 Å². The number of aliphatic hydroxyl groups is 1. The fourth-order valence-electron chi connectivity index (χ4n) is 10.8. The Labute approximate surface area is 549 Å². The maximum atomic E-state index is 15.6. The van der Waals surface area contributed by atoms with E-state index in [9.17, 15) is 14.1 Å². The van der Waals surface area contributed by atoms with E-state index in [1.54, 1.807) is 13.8 Å². The molecule has 7 aromatic rings. The molecule has 2 unspecified atom stereocenters. The third kappa shape index (κ3) is 19.2. The highest BCUT2D eigenvalue weighted by atomic mass is 127. The Kier molecular flexibility index (Phi) is 27.4. The Morgan fingerprint density at radius 3 is 1.42 bits per heavy atom. The smallest absolute Gasteiger partial charge is 0.368 e. The van der Waals surface area contributed by atoms with Gasteiger partial charge in [-0.05, 0) is 65.0 Å². The van der Waals surface area contributed by atoms with Crippen LogP contribution in [0.25, 0.3) is 0 Å². The SMILES string of the molecule is CCOC(=O)C1(C[C@@H](OCc2ccccc2)[C@@H](OCc2ccccc2)[C@H](O)[C@@H](CO[C@@]2(C(=O)OCC)O[C@H]([C@@H](COCc3ccccc3)OCc3ccccc3)[C@H](OCc3ccccc3)[C@H](OCc3ccccc3)[C@@H]2I)OCc2ccccc2)SCCCS1=O. The standard InChI is InChI=1S/C72H81IO15S2/c1-3-79-69(75)71(89-41-26-42-90(71)77)43-60(81-45-54-29-14-6-15-30-54)64(84-48-57-35-20-9-21-36-57)63(74)61(82-46-55-31-16-7-17-32-55)52-87-72(70(76)80-4-2)68(73)67(86-50-59-39-24-11-25-40-59)66(85-49-58-37-22-10-23-38-58)65(88-72)62(83-47-56-33-18-8-19-34-56)51-78-44-53-27-12-5-13-28-53/h5-25,27-40,60-68,74H,3-4,26,41-52H2,1-2H3/t60-,61-,62-,63-,64-,65-,66+,67+,68+,71?,72-,90?/m1/s1. The van der Waals surface area contributed by atoms with E-state index in [4.69, 9.17) is 52.1 Å². The molecule has 18 heteroatoms. The second-order valence-electron chi connectivity index (χ2n) is 21.9. The third-order valence-corrected chi connectivity index (χ3v) is 20.9. The molecule has 7 aromatic carbocycles. The topological polar surface area (TPSA) is 173 Å². The van der Waals surface area contributed by atoms with Gasteiger partial charge in [-0.3, -0.25) is 4.21 Å². The summed E-state index contributed by atoms with van der Waals surface area (Å²) in [5, 5.41) is 13.6. The second-order valence-corrected chi connectivity index (χ2v) is 26.7. The summed E-state index contributed by atoms with van der Waals surface area (Å²) in [7, 11) is -1.73. The highest BCUT2D eigenvalue weighted by Crippen LogP contribution is 2.45. The molecular weight excluding hydrogens is 1300 g/mol. The molecule has 0 spiro atoms. The molecule has 2 heterocycles. The van der Waals surface area contributed by atoms with Crippen LogP contribution in [0.3, 0.4) is 0 Å². The number of hydrogen-bond donors (Lipinski definition) is 1. The molecule has 0 saturated carbocycles. The lowest BCUT2D eigenvalue weighted by molar-refractivity contribution is -0.338. The maximum absolute atomic E-state index is 15.6. The van der Waals surface area contributed by atoms with Crippen molar-refractivity contribution in [1.29, 1.82) is 0 Å². The molecule has 2 aliphatic heterocycles. The van der Waals surface area contributed by atoms with Gasteiger partial charge in [-0.1, -0.05) is 235 Å². The molecule has 15 nitrogen and oxygen atoms in total. The van der Waals surface area contributed by atoms with Crippen molar-refractivity contribution >= 4 is 57.1 Å². The van der Waals surface area contributed by atoms with Gasteiger partial charge >= 0.3 is 11.9 Å². The van der Waals surface area contributed by atoms with Crippen molar-refractivity contribution in [3.05, 3.63) is 251 Å². The van der Waals surface area contributed by atoms with Crippen LogP contribution in [0.4, 0.5) is 0 Å². The van der Waals surface area contributed by atoms with Crippen molar-refractivity contribution in [3.63, 3.8) is 0 Å². The minimum absolute atomic E-state index is 0.0163. The van der Waals surface area contributed by atoms with Crippen molar-refractivity contribution in [2.75, 3.05) is 37.9 Å². The molecule has 0 amide bonds. The van der Waals surface area contributed by atoms with E-state index in [2.05, 4.69) is 22.6 Å². The molecular formula is C72H81IO15S2. The predicted octanol–water partition coefficient (Wildman–Crippen LogP) is 12.1. The number of ether oxygens (including phenoxy) is 11. The number of esters is 2. The molecule has 0 bridgehead atoms. The van der Waals surface area contributed by atoms with Gasteiger partial charge in [0.15, 0.2) is 4.08 Å². The molecule has 9 rings (SSSR count). The van der Waals surface area contributed by atoms with Gasteiger partial charge in [-0.25, -0.2) is 9.59 Å². The molecule has 90 heavy (non-hydrogen) atoms. The van der Waals surface area contributed by atoms with Crippen LogP contribution in [-0.2, 0) is 119 Å². The summed E-state index contributed by atoms with van der Waals surface area (Å²) in [5.74, 6) is -3.07. The lowest BCUT2D eigenvalue weighted by Crippen LogP contribution is -2.70. The average Bonchev–Trinajstić information content (AvgIpc) is 0.756. The molecule has 0 aromatic heterocycles. The van der Waals surface area contributed by atoms with E-state index < -0.39 is 92.0 Å². The van der Waals surface area contributed by atoms with Crippen molar-refractivity contribution in [3.8, 4) is 0 Å². The number of alkyl halides is 1. The normalized spacial score (nSPS) is 22.6. The van der Waals surface area contributed by atoms with E-state index >= 15 is 4.79 Å². The highest BCUT2D eigenvalue weighted by molar-refractivity contribution is 14.1. The van der Waals surface area contributed by atoms with Crippen molar-refractivity contribution in [2.24, 2.45) is 0 Å². The summed E-state index contributed by atoms with van der Waals surface area (Å²) in [4.78, 5) is 30.0. The summed E-state index contributed by atoms with van der Waals surface area (Å²) >= 11 is 3.42. The summed E-state index contributed by atoms with van der Waals surface area (Å²) in [6.45, 7) is 3.42. The number of carbonyl (C=O) groups excluding carboxylic acids is 2. The minimum Gasteiger partial charge on any atom is -0.464 e. The highest BCUT2D eigenvalue weighted by Gasteiger charge is 2.63. The van der Waals surface area contributed by atoms with Crippen LogP contribution in [-0.4, -0.2) is 122 Å². The van der Waals surface area contributed by atoms with Gasteiger partial charge in [0, 0.05) is 23.0 Å². The fraction of sp³-hybridized carbons (Fsp3) is 0.389. The first-order chi connectivity index (χ1) is 44.1. The molecule has 2 saturated heterocycles. The maximum Gasteiger partial charge on any atom is 0.368 e. The molecule has 0 aliphatic carbocycles. The summed E-state index contributed by atoms with van der Waals surface area (Å²) < 4.78 is 86.8. The first-order valence-electron chi connectivity index (χ1n) is 30.6. The number of hydrogen-bond acceptors (Lipinski definition) is 16. The largest absolute Gasteiger partial charge is 0.464 e. The minimum atomic E-state index is -2.34. The lowest BCUT2D eigenvalue weighted by Gasteiger charge is -2.51. The van der Waals surface area contributed by atoms with Gasteiger partial charge in [0.2, 0.25) is 0 Å². The van der Waals surface area contributed by atoms with Crippen LogP contribution in [0.1, 0.15) is 65.6 Å². The Morgan fingerprint density at radius 2 is 0.956 bits per heavy atom. The predicted molar refractivity (Wildman–Crippen MR) is 354 cm³/mol. The Hall–Kier alpha value is -5.69. The van der Waals surface area contributed by atoms with Crippen LogP contribution in [0.15, 0.2) is 212 Å².